The lowest BCUT2D eigenvalue weighted by atomic mass is 9.94. The topological polar surface area (TPSA) is 46.1 Å². The van der Waals surface area contributed by atoms with Crippen molar-refractivity contribution < 1.29 is 4.79 Å². The maximum Gasteiger partial charge on any atom is 0.237 e. The number of rotatable bonds is 5. The van der Waals surface area contributed by atoms with E-state index in [1.165, 1.54) is 34.9 Å². The van der Waals surface area contributed by atoms with Crippen molar-refractivity contribution in [2.75, 3.05) is 6.54 Å². The molecule has 0 spiro atoms. The van der Waals surface area contributed by atoms with E-state index in [4.69, 9.17) is 0 Å². The van der Waals surface area contributed by atoms with Crippen molar-refractivity contribution in [3.8, 4) is 0 Å². The van der Waals surface area contributed by atoms with E-state index in [0.717, 1.165) is 19.4 Å². The third kappa shape index (κ3) is 3.32. The Morgan fingerprint density at radius 1 is 1.36 bits per heavy atom. The Bertz CT molecular complexity index is 788. The van der Waals surface area contributed by atoms with Gasteiger partial charge in [0.25, 0.3) is 0 Å². The fourth-order valence-electron chi connectivity index (χ4n) is 4.15. The van der Waals surface area contributed by atoms with Crippen molar-refractivity contribution in [1.82, 2.24) is 15.2 Å². The van der Waals surface area contributed by atoms with Crippen LogP contribution >= 0.6 is 0 Å². The number of hydrogen-bond acceptors (Lipinski definition) is 2. The summed E-state index contributed by atoms with van der Waals surface area (Å²) in [6, 6.07) is 6.63. The minimum atomic E-state index is -0.152. The molecular weight excluding hydrogens is 310 g/mol. The summed E-state index contributed by atoms with van der Waals surface area (Å²) in [6.45, 7) is 5.34. The van der Waals surface area contributed by atoms with E-state index in [-0.39, 0.29) is 18.0 Å². The average Bonchev–Trinajstić information content (AvgIpc) is 3.36. The second kappa shape index (κ2) is 6.49. The first-order chi connectivity index (χ1) is 12.0. The van der Waals surface area contributed by atoms with E-state index in [2.05, 4.69) is 60.5 Å². The Hall–Kier alpha value is -1.81. The Labute approximate surface area is 150 Å². The Morgan fingerprint density at radius 3 is 2.88 bits per heavy atom. The number of aryl methyl sites for hydroxylation is 1. The zero-order valence-corrected chi connectivity index (χ0v) is 15.5. The quantitative estimate of drug-likeness (QED) is 0.878. The van der Waals surface area contributed by atoms with E-state index in [1.54, 1.807) is 0 Å². The molecular formula is C21H29N3O. The van der Waals surface area contributed by atoms with E-state index < -0.39 is 0 Å². The molecule has 4 rings (SSSR count). The molecule has 0 bridgehead atoms. The van der Waals surface area contributed by atoms with Gasteiger partial charge in [-0.15, -0.1) is 0 Å². The Kier molecular flexibility index (Phi) is 4.32. The van der Waals surface area contributed by atoms with Gasteiger partial charge in [-0.25, -0.2) is 0 Å². The molecule has 1 aromatic carbocycles. The molecule has 1 fully saturated rings. The highest BCUT2D eigenvalue weighted by molar-refractivity contribution is 5.90. The summed E-state index contributed by atoms with van der Waals surface area (Å²) in [5, 5.41) is 8.20. The first-order valence-corrected chi connectivity index (χ1v) is 9.63. The predicted octanol–water partition coefficient (Wildman–Crippen LogP) is 3.31. The van der Waals surface area contributed by atoms with Gasteiger partial charge in [0, 0.05) is 36.7 Å². The molecule has 2 heterocycles. The maximum atomic E-state index is 12.8. The molecule has 2 atom stereocenters. The second-order valence-electron chi connectivity index (χ2n) is 8.30. The molecule has 4 nitrogen and oxygen atoms in total. The number of amides is 1. The standard InChI is InChI=1S/C21H29N3O/c1-13(2)9-17-16-5-4-6-19-20(16)15(12-24(19)3)10-18(23-17)21(25)22-11-14-7-8-14/h4-6,12-14,17-18,23H,7-11H2,1-3H3,(H,22,25)/t17-,18-/m0/s1. The lowest BCUT2D eigenvalue weighted by molar-refractivity contribution is -0.123. The molecule has 4 heteroatoms. The molecule has 2 N–H and O–H groups in total. The van der Waals surface area contributed by atoms with Gasteiger partial charge < -0.3 is 9.88 Å². The number of nitrogens with zero attached hydrogens (tertiary/aromatic N) is 1. The van der Waals surface area contributed by atoms with E-state index in [0.29, 0.717) is 11.8 Å². The number of hydrogen-bond donors (Lipinski definition) is 2. The fourth-order valence-corrected chi connectivity index (χ4v) is 4.15. The molecule has 1 aliphatic carbocycles. The molecule has 1 amide bonds. The highest BCUT2D eigenvalue weighted by atomic mass is 16.2. The minimum Gasteiger partial charge on any atom is -0.354 e. The van der Waals surface area contributed by atoms with Crippen molar-refractivity contribution in [3.05, 3.63) is 35.5 Å². The normalized spacial score (nSPS) is 23.0. The first-order valence-electron chi connectivity index (χ1n) is 9.63. The molecule has 1 saturated carbocycles. The van der Waals surface area contributed by atoms with Crippen LogP contribution in [0.15, 0.2) is 24.4 Å². The van der Waals surface area contributed by atoms with Crippen LogP contribution < -0.4 is 10.6 Å². The molecule has 0 saturated heterocycles. The number of aromatic nitrogens is 1. The van der Waals surface area contributed by atoms with Crippen molar-refractivity contribution in [1.29, 1.82) is 0 Å². The van der Waals surface area contributed by atoms with Crippen LogP contribution in [0.3, 0.4) is 0 Å². The predicted molar refractivity (Wildman–Crippen MR) is 101 cm³/mol. The van der Waals surface area contributed by atoms with Gasteiger partial charge >= 0.3 is 0 Å². The molecule has 2 aliphatic rings. The van der Waals surface area contributed by atoms with Gasteiger partial charge in [0.1, 0.15) is 0 Å². The fraction of sp³-hybridized carbons (Fsp3) is 0.571. The first kappa shape index (κ1) is 16.6. The number of nitrogens with one attached hydrogen (secondary N) is 2. The van der Waals surface area contributed by atoms with Gasteiger partial charge in [0.05, 0.1) is 6.04 Å². The summed E-state index contributed by atoms with van der Waals surface area (Å²) < 4.78 is 2.20. The van der Waals surface area contributed by atoms with Gasteiger partial charge in [0.15, 0.2) is 0 Å². The second-order valence-corrected chi connectivity index (χ2v) is 8.30. The largest absolute Gasteiger partial charge is 0.354 e. The van der Waals surface area contributed by atoms with Crippen molar-refractivity contribution >= 4 is 16.8 Å². The molecule has 1 aromatic heterocycles. The lowest BCUT2D eigenvalue weighted by Gasteiger charge is -2.25. The van der Waals surface area contributed by atoms with Crippen LogP contribution in [-0.2, 0) is 18.3 Å². The molecule has 25 heavy (non-hydrogen) atoms. The number of carbonyl (C=O) groups is 1. The molecule has 134 valence electrons. The van der Waals surface area contributed by atoms with Crippen molar-refractivity contribution in [2.45, 2.75) is 51.6 Å². The summed E-state index contributed by atoms with van der Waals surface area (Å²) in [7, 11) is 2.10. The van der Waals surface area contributed by atoms with E-state index in [1.807, 2.05) is 0 Å². The smallest absolute Gasteiger partial charge is 0.237 e. The molecule has 0 unspecified atom stereocenters. The third-order valence-corrected chi connectivity index (χ3v) is 5.61. The summed E-state index contributed by atoms with van der Waals surface area (Å²) >= 11 is 0. The van der Waals surface area contributed by atoms with Gasteiger partial charge in [-0.3, -0.25) is 10.1 Å². The van der Waals surface area contributed by atoms with Crippen LogP contribution in [0.4, 0.5) is 0 Å². The van der Waals surface area contributed by atoms with Crippen LogP contribution in [0.25, 0.3) is 10.9 Å². The molecule has 2 aromatic rings. The highest BCUT2D eigenvalue weighted by Crippen LogP contribution is 2.35. The Morgan fingerprint density at radius 2 is 2.16 bits per heavy atom. The van der Waals surface area contributed by atoms with Gasteiger partial charge in [-0.1, -0.05) is 26.0 Å². The molecule has 1 aliphatic heterocycles. The van der Waals surface area contributed by atoms with Crippen LogP contribution in [0.1, 0.15) is 50.3 Å². The SMILES string of the molecule is CC(C)C[C@@H]1N[C@H](C(=O)NCC2CC2)Cc2cn(C)c3cccc1c23. The Balaban J connectivity index is 1.68. The zero-order valence-electron chi connectivity index (χ0n) is 15.5. The van der Waals surface area contributed by atoms with E-state index in [9.17, 15) is 4.79 Å². The summed E-state index contributed by atoms with van der Waals surface area (Å²) in [6.07, 6.45) is 6.53. The number of carbonyl (C=O) groups excluding carboxylic acids is 1. The highest BCUT2D eigenvalue weighted by Gasteiger charge is 2.31. The summed E-state index contributed by atoms with van der Waals surface area (Å²) in [5.74, 6) is 1.44. The van der Waals surface area contributed by atoms with Crippen LogP contribution in [-0.4, -0.2) is 23.1 Å². The maximum absolute atomic E-state index is 12.8. The van der Waals surface area contributed by atoms with Gasteiger partial charge in [-0.2, -0.15) is 0 Å². The van der Waals surface area contributed by atoms with Crippen molar-refractivity contribution in [3.63, 3.8) is 0 Å². The summed E-state index contributed by atoms with van der Waals surface area (Å²) in [5.41, 5.74) is 3.90. The molecule has 0 radical (unpaired) electrons. The lowest BCUT2D eigenvalue weighted by Crippen LogP contribution is -2.46. The van der Waals surface area contributed by atoms with Gasteiger partial charge in [-0.05, 0) is 54.7 Å². The van der Waals surface area contributed by atoms with Crippen LogP contribution in [0.5, 0.6) is 0 Å². The number of benzene rings is 1. The van der Waals surface area contributed by atoms with Crippen LogP contribution in [0, 0.1) is 11.8 Å². The average molecular weight is 339 g/mol. The zero-order chi connectivity index (χ0) is 17.6. The monoisotopic (exact) mass is 339 g/mol. The van der Waals surface area contributed by atoms with E-state index >= 15 is 0 Å². The van der Waals surface area contributed by atoms with Crippen LogP contribution in [0.2, 0.25) is 0 Å². The minimum absolute atomic E-state index is 0.152. The summed E-state index contributed by atoms with van der Waals surface area (Å²) in [4.78, 5) is 12.8. The van der Waals surface area contributed by atoms with Crippen molar-refractivity contribution in [2.24, 2.45) is 18.9 Å². The third-order valence-electron chi connectivity index (χ3n) is 5.61. The van der Waals surface area contributed by atoms with Gasteiger partial charge in [0.2, 0.25) is 5.91 Å².